The van der Waals surface area contributed by atoms with Crippen molar-refractivity contribution in [3.63, 3.8) is 0 Å². The third kappa shape index (κ3) is 2.12. The van der Waals surface area contributed by atoms with Gasteiger partial charge in [0.2, 0.25) is 11.8 Å². The SMILES string of the molecule is CN1C(=O)C[C@@H](c2cc(C#N)ccc2N(C)N=O)C1=O. The van der Waals surface area contributed by atoms with Gasteiger partial charge < -0.3 is 0 Å². The molecule has 2 rings (SSSR count). The predicted octanol–water partition coefficient (Wildman–Crippen LogP) is 1.15. The van der Waals surface area contributed by atoms with Crippen molar-refractivity contribution in [2.45, 2.75) is 12.3 Å². The van der Waals surface area contributed by atoms with Gasteiger partial charge in [-0.05, 0) is 23.8 Å². The maximum atomic E-state index is 12.1. The van der Waals surface area contributed by atoms with E-state index in [0.29, 0.717) is 16.8 Å². The number of carbonyl (C=O) groups is 2. The highest BCUT2D eigenvalue weighted by Gasteiger charge is 2.38. The summed E-state index contributed by atoms with van der Waals surface area (Å²) in [7, 11) is 2.86. The van der Waals surface area contributed by atoms with Crippen LogP contribution in [0.5, 0.6) is 0 Å². The molecule has 102 valence electrons. The lowest BCUT2D eigenvalue weighted by Gasteiger charge is -2.17. The zero-order chi connectivity index (χ0) is 14.9. The molecule has 0 radical (unpaired) electrons. The Bertz CT molecular complexity index is 635. The zero-order valence-corrected chi connectivity index (χ0v) is 11.0. The fraction of sp³-hybridized carbons (Fsp3) is 0.308. The maximum Gasteiger partial charge on any atom is 0.237 e. The molecule has 0 unspecified atom stereocenters. The number of hydrogen-bond donors (Lipinski definition) is 0. The number of imide groups is 1. The molecule has 0 aromatic heterocycles. The molecule has 20 heavy (non-hydrogen) atoms. The average molecular weight is 272 g/mol. The molecule has 1 aliphatic rings. The van der Waals surface area contributed by atoms with E-state index in [1.54, 1.807) is 6.07 Å². The highest BCUT2D eigenvalue weighted by Crippen LogP contribution is 2.35. The molecule has 7 nitrogen and oxygen atoms in total. The Hall–Kier alpha value is -2.75. The Morgan fingerprint density at radius 2 is 2.15 bits per heavy atom. The minimum Gasteiger partial charge on any atom is -0.285 e. The van der Waals surface area contributed by atoms with Crippen LogP contribution in [-0.4, -0.2) is 30.8 Å². The van der Waals surface area contributed by atoms with Crippen molar-refractivity contribution in [3.05, 3.63) is 34.2 Å². The summed E-state index contributed by atoms with van der Waals surface area (Å²) < 4.78 is 0. The largest absolute Gasteiger partial charge is 0.285 e. The summed E-state index contributed by atoms with van der Waals surface area (Å²) in [5.74, 6) is -1.30. The monoisotopic (exact) mass is 272 g/mol. The standard InChI is InChI=1S/C13H12N4O3/c1-16-12(18)6-10(13(16)19)9-5-8(7-14)3-4-11(9)17(2)15-20/h3-5,10H,6H2,1-2H3/t10-/m0/s1. The molecule has 1 aromatic carbocycles. The number of amides is 2. The lowest BCUT2D eigenvalue weighted by atomic mass is 9.94. The molecule has 1 saturated heterocycles. The van der Waals surface area contributed by atoms with Gasteiger partial charge in [0, 0.05) is 20.5 Å². The number of hydrogen-bond acceptors (Lipinski definition) is 5. The Morgan fingerprint density at radius 3 is 2.65 bits per heavy atom. The van der Waals surface area contributed by atoms with Crippen LogP contribution in [0.2, 0.25) is 0 Å². The van der Waals surface area contributed by atoms with Crippen LogP contribution < -0.4 is 5.01 Å². The molecule has 0 aliphatic carbocycles. The van der Waals surface area contributed by atoms with E-state index >= 15 is 0 Å². The van der Waals surface area contributed by atoms with Gasteiger partial charge in [0.25, 0.3) is 0 Å². The summed E-state index contributed by atoms with van der Waals surface area (Å²) >= 11 is 0. The van der Waals surface area contributed by atoms with Crippen molar-refractivity contribution < 1.29 is 9.59 Å². The van der Waals surface area contributed by atoms with Crippen molar-refractivity contribution in [2.75, 3.05) is 19.1 Å². The molecule has 0 bridgehead atoms. The molecule has 0 spiro atoms. The highest BCUT2D eigenvalue weighted by molar-refractivity contribution is 6.06. The lowest BCUT2D eigenvalue weighted by molar-refractivity contribution is -0.137. The molecule has 1 aliphatic heterocycles. The Labute approximate surface area is 115 Å². The summed E-state index contributed by atoms with van der Waals surface area (Å²) in [5.41, 5.74) is 1.24. The summed E-state index contributed by atoms with van der Waals surface area (Å²) in [6.45, 7) is 0. The number of nitrogens with zero attached hydrogens (tertiary/aromatic N) is 4. The first-order valence-electron chi connectivity index (χ1n) is 5.91. The van der Waals surface area contributed by atoms with E-state index < -0.39 is 5.92 Å². The van der Waals surface area contributed by atoms with E-state index in [1.165, 1.54) is 26.2 Å². The van der Waals surface area contributed by atoms with Crippen molar-refractivity contribution in [2.24, 2.45) is 5.29 Å². The topological polar surface area (TPSA) is 93.8 Å². The first kappa shape index (κ1) is 13.7. The van der Waals surface area contributed by atoms with Crippen LogP contribution in [0, 0.1) is 16.2 Å². The molecular weight excluding hydrogens is 260 g/mol. The first-order chi connectivity index (χ1) is 9.49. The van der Waals surface area contributed by atoms with E-state index in [2.05, 4.69) is 5.29 Å². The van der Waals surface area contributed by atoms with Gasteiger partial charge in [-0.25, -0.2) is 5.01 Å². The van der Waals surface area contributed by atoms with Crippen LogP contribution >= 0.6 is 0 Å². The molecule has 1 atom stereocenters. The molecular formula is C13H12N4O3. The molecule has 0 saturated carbocycles. The smallest absolute Gasteiger partial charge is 0.237 e. The van der Waals surface area contributed by atoms with Gasteiger partial charge in [-0.2, -0.15) is 5.26 Å². The van der Waals surface area contributed by atoms with Crippen LogP contribution in [0.1, 0.15) is 23.5 Å². The summed E-state index contributed by atoms with van der Waals surface area (Å²) in [4.78, 5) is 35.4. The fourth-order valence-corrected chi connectivity index (χ4v) is 2.24. The second kappa shape index (κ2) is 5.09. The van der Waals surface area contributed by atoms with Crippen LogP contribution in [0.4, 0.5) is 5.69 Å². The van der Waals surface area contributed by atoms with Gasteiger partial charge in [-0.15, -0.1) is 4.91 Å². The molecule has 7 heteroatoms. The van der Waals surface area contributed by atoms with E-state index in [0.717, 1.165) is 9.91 Å². The summed E-state index contributed by atoms with van der Waals surface area (Å²) in [5, 5.41) is 12.8. The molecule has 1 fully saturated rings. The van der Waals surface area contributed by atoms with Crippen molar-refractivity contribution in [1.82, 2.24) is 4.90 Å². The molecule has 1 heterocycles. The number of likely N-dealkylation sites (tertiary alicyclic amines) is 1. The van der Waals surface area contributed by atoms with Crippen molar-refractivity contribution >= 4 is 17.5 Å². The third-order valence-corrected chi connectivity index (χ3v) is 3.38. The minimum atomic E-state index is -0.681. The van der Waals surface area contributed by atoms with E-state index in [4.69, 9.17) is 5.26 Å². The molecule has 0 N–H and O–H groups in total. The number of carbonyl (C=O) groups excluding carboxylic acids is 2. The van der Waals surface area contributed by atoms with Gasteiger partial charge in [0.05, 0.1) is 28.5 Å². The average Bonchev–Trinajstić information content (AvgIpc) is 2.73. The minimum absolute atomic E-state index is 0.0317. The second-order valence-corrected chi connectivity index (χ2v) is 4.54. The summed E-state index contributed by atoms with van der Waals surface area (Å²) in [6, 6.07) is 6.58. The summed E-state index contributed by atoms with van der Waals surface area (Å²) in [6.07, 6.45) is 0.0317. The number of likely N-dealkylation sites (N-methyl/N-ethyl adjacent to an activating group) is 1. The van der Waals surface area contributed by atoms with Gasteiger partial charge in [0.15, 0.2) is 0 Å². The van der Waals surface area contributed by atoms with Gasteiger partial charge in [-0.3, -0.25) is 14.5 Å². The van der Waals surface area contributed by atoms with Gasteiger partial charge in [0.1, 0.15) is 0 Å². The Kier molecular flexibility index (Phi) is 3.48. The van der Waals surface area contributed by atoms with Crippen LogP contribution in [0.25, 0.3) is 0 Å². The number of rotatable bonds is 3. The van der Waals surface area contributed by atoms with E-state index in [9.17, 15) is 14.5 Å². The van der Waals surface area contributed by atoms with E-state index in [-0.39, 0.29) is 18.2 Å². The Morgan fingerprint density at radius 1 is 1.45 bits per heavy atom. The molecule has 2 amide bonds. The first-order valence-corrected chi connectivity index (χ1v) is 5.91. The second-order valence-electron chi connectivity index (χ2n) is 4.54. The Balaban J connectivity index is 2.54. The van der Waals surface area contributed by atoms with Crippen LogP contribution in [0.3, 0.4) is 0 Å². The van der Waals surface area contributed by atoms with Crippen molar-refractivity contribution in [1.29, 1.82) is 5.26 Å². The van der Waals surface area contributed by atoms with Gasteiger partial charge >= 0.3 is 0 Å². The van der Waals surface area contributed by atoms with Gasteiger partial charge in [-0.1, -0.05) is 0 Å². The highest BCUT2D eigenvalue weighted by atomic mass is 16.3. The lowest BCUT2D eigenvalue weighted by Crippen LogP contribution is -2.25. The van der Waals surface area contributed by atoms with Crippen LogP contribution in [0.15, 0.2) is 23.5 Å². The third-order valence-electron chi connectivity index (χ3n) is 3.38. The molecule has 1 aromatic rings. The number of nitroso groups, excluding NO2 is 1. The van der Waals surface area contributed by atoms with Crippen LogP contribution in [-0.2, 0) is 9.59 Å². The number of benzene rings is 1. The quantitative estimate of drug-likeness (QED) is 0.467. The number of nitriles is 1. The number of anilines is 1. The predicted molar refractivity (Wildman–Crippen MR) is 70.5 cm³/mol. The zero-order valence-electron chi connectivity index (χ0n) is 11.0. The van der Waals surface area contributed by atoms with E-state index in [1.807, 2.05) is 6.07 Å². The fourth-order valence-electron chi connectivity index (χ4n) is 2.24. The van der Waals surface area contributed by atoms with Crippen molar-refractivity contribution in [3.8, 4) is 6.07 Å². The normalized spacial score (nSPS) is 18.1. The maximum absolute atomic E-state index is 12.1.